The van der Waals surface area contributed by atoms with E-state index in [0.717, 1.165) is 25.7 Å². The Labute approximate surface area is 185 Å². The van der Waals surface area contributed by atoms with Gasteiger partial charge in [-0.15, -0.1) is 10.2 Å². The summed E-state index contributed by atoms with van der Waals surface area (Å²) in [6, 6.07) is 4.49. The summed E-state index contributed by atoms with van der Waals surface area (Å²) in [5.74, 6) is 0.970. The number of fused-ring (bicyclic) bond motifs is 3. The number of alkyl halides is 1. The molecular weight excluding hydrogens is 413 g/mol. The van der Waals surface area contributed by atoms with Gasteiger partial charge in [0.25, 0.3) is 5.91 Å². The van der Waals surface area contributed by atoms with E-state index in [4.69, 9.17) is 4.42 Å². The lowest BCUT2D eigenvalue weighted by atomic mass is 9.83. The summed E-state index contributed by atoms with van der Waals surface area (Å²) in [5.41, 5.74) is 1.20. The number of phenolic OH excluding ortho intramolecular Hbond substituents is 1. The number of halogens is 1. The molecule has 0 spiro atoms. The molecule has 9 heteroatoms. The molecule has 8 nitrogen and oxygen atoms in total. The molecule has 2 aromatic heterocycles. The molecule has 2 bridgehead atoms. The summed E-state index contributed by atoms with van der Waals surface area (Å²) in [6.07, 6.45) is 4.49. The summed E-state index contributed by atoms with van der Waals surface area (Å²) >= 11 is 0. The molecule has 168 valence electrons. The minimum atomic E-state index is -0.883. The van der Waals surface area contributed by atoms with Crippen molar-refractivity contribution in [2.75, 3.05) is 26.0 Å². The van der Waals surface area contributed by atoms with Gasteiger partial charge in [-0.2, -0.15) is 0 Å². The van der Waals surface area contributed by atoms with Gasteiger partial charge in [0.2, 0.25) is 5.95 Å². The van der Waals surface area contributed by atoms with Gasteiger partial charge < -0.3 is 19.3 Å². The number of amides is 1. The summed E-state index contributed by atoms with van der Waals surface area (Å²) < 4.78 is 20.6. The zero-order chi connectivity index (χ0) is 22.6. The number of hydrogen-bond acceptors (Lipinski definition) is 7. The highest BCUT2D eigenvalue weighted by Crippen LogP contribution is 2.45. The predicted octanol–water partition coefficient (Wildman–Crippen LogP) is 3.66. The van der Waals surface area contributed by atoms with Crippen molar-refractivity contribution >= 4 is 22.8 Å². The number of hydrogen-bond donors (Lipinski definition) is 1. The molecule has 2 aliphatic carbocycles. The van der Waals surface area contributed by atoms with E-state index >= 15 is 0 Å². The van der Waals surface area contributed by atoms with Gasteiger partial charge >= 0.3 is 0 Å². The lowest BCUT2D eigenvalue weighted by Crippen LogP contribution is -2.46. The Morgan fingerprint density at radius 3 is 2.69 bits per heavy atom. The molecule has 0 radical (unpaired) electrons. The number of carbonyl (C=O) groups excluding carboxylic acids is 1. The zero-order valence-electron chi connectivity index (χ0n) is 18.3. The maximum absolute atomic E-state index is 14.9. The first-order chi connectivity index (χ1) is 15.3. The molecule has 4 atom stereocenters. The number of aromatic hydroxyl groups is 1. The van der Waals surface area contributed by atoms with E-state index in [1.807, 2.05) is 7.05 Å². The molecule has 5 rings (SSSR count). The second-order valence-electron chi connectivity index (χ2n) is 9.16. The Kier molecular flexibility index (Phi) is 4.98. The predicted molar refractivity (Wildman–Crippen MR) is 117 cm³/mol. The van der Waals surface area contributed by atoms with Crippen LogP contribution in [-0.4, -0.2) is 64.5 Å². The van der Waals surface area contributed by atoms with Crippen molar-refractivity contribution in [3.05, 3.63) is 30.2 Å². The normalized spacial score (nSPS) is 24.6. The first-order valence-corrected chi connectivity index (χ1v) is 10.9. The average molecular weight is 439 g/mol. The van der Waals surface area contributed by atoms with Crippen LogP contribution >= 0.6 is 0 Å². The van der Waals surface area contributed by atoms with Crippen LogP contribution in [0, 0.1) is 11.8 Å². The number of carbonyl (C=O) groups is 1. The van der Waals surface area contributed by atoms with E-state index in [-0.39, 0.29) is 29.4 Å². The zero-order valence-corrected chi connectivity index (χ0v) is 18.3. The fourth-order valence-corrected chi connectivity index (χ4v) is 5.08. The SMILES string of the molecule is CN(C)C(=O)c1cc2cc(O)c(-c3cnc(N(C)[C@@H]4C[C@H]5CC[C@H](C5)[C@@H]4F)nn3)cc2o1. The number of rotatable bonds is 4. The third-order valence-electron chi connectivity index (χ3n) is 6.86. The van der Waals surface area contributed by atoms with Gasteiger partial charge in [-0.3, -0.25) is 4.79 Å². The van der Waals surface area contributed by atoms with Crippen LogP contribution in [0.3, 0.4) is 0 Å². The molecule has 0 aliphatic heterocycles. The highest BCUT2D eigenvalue weighted by Gasteiger charge is 2.44. The monoisotopic (exact) mass is 439 g/mol. The van der Waals surface area contributed by atoms with E-state index in [9.17, 15) is 14.3 Å². The van der Waals surface area contributed by atoms with Crippen molar-refractivity contribution in [2.45, 2.75) is 37.9 Å². The minimum Gasteiger partial charge on any atom is -0.507 e. The fourth-order valence-electron chi connectivity index (χ4n) is 5.08. The summed E-state index contributed by atoms with van der Waals surface area (Å²) in [6.45, 7) is 0. The largest absolute Gasteiger partial charge is 0.507 e. The van der Waals surface area contributed by atoms with Crippen LogP contribution in [0.4, 0.5) is 10.3 Å². The third kappa shape index (κ3) is 3.45. The molecule has 0 unspecified atom stereocenters. The van der Waals surface area contributed by atoms with Gasteiger partial charge in [0.1, 0.15) is 23.2 Å². The van der Waals surface area contributed by atoms with Crippen molar-refractivity contribution < 1.29 is 18.7 Å². The maximum Gasteiger partial charge on any atom is 0.289 e. The van der Waals surface area contributed by atoms with Crippen LogP contribution in [0.5, 0.6) is 5.75 Å². The third-order valence-corrected chi connectivity index (χ3v) is 6.86. The molecule has 2 fully saturated rings. The number of anilines is 1. The molecule has 2 heterocycles. The van der Waals surface area contributed by atoms with Crippen LogP contribution in [0.15, 0.2) is 28.8 Å². The van der Waals surface area contributed by atoms with E-state index in [2.05, 4.69) is 15.2 Å². The quantitative estimate of drug-likeness (QED) is 0.663. The van der Waals surface area contributed by atoms with Crippen LogP contribution in [0.2, 0.25) is 0 Å². The highest BCUT2D eigenvalue weighted by molar-refractivity contribution is 5.97. The van der Waals surface area contributed by atoms with Crippen molar-refractivity contribution in [3.63, 3.8) is 0 Å². The van der Waals surface area contributed by atoms with Gasteiger partial charge in [-0.25, -0.2) is 9.37 Å². The highest BCUT2D eigenvalue weighted by atomic mass is 19.1. The lowest BCUT2D eigenvalue weighted by Gasteiger charge is -2.37. The maximum atomic E-state index is 14.9. The molecule has 32 heavy (non-hydrogen) atoms. The van der Waals surface area contributed by atoms with E-state index < -0.39 is 6.17 Å². The summed E-state index contributed by atoms with van der Waals surface area (Å²) in [4.78, 5) is 19.8. The van der Waals surface area contributed by atoms with Gasteiger partial charge in [-0.05, 0) is 55.7 Å². The Morgan fingerprint density at radius 1 is 1.16 bits per heavy atom. The molecular formula is C23H26FN5O3. The van der Waals surface area contributed by atoms with Crippen molar-refractivity contribution in [1.29, 1.82) is 0 Å². The molecule has 0 saturated heterocycles. The number of aromatic nitrogens is 3. The minimum absolute atomic E-state index is 0.0213. The topological polar surface area (TPSA) is 95.6 Å². The second-order valence-corrected chi connectivity index (χ2v) is 9.16. The van der Waals surface area contributed by atoms with Crippen molar-refractivity contribution in [3.8, 4) is 17.0 Å². The summed E-state index contributed by atoms with van der Waals surface area (Å²) in [7, 11) is 5.09. The van der Waals surface area contributed by atoms with E-state index in [1.54, 1.807) is 31.1 Å². The molecule has 1 aromatic carbocycles. The number of nitrogens with zero attached hydrogens (tertiary/aromatic N) is 5. The second kappa shape index (κ2) is 7.72. The van der Waals surface area contributed by atoms with Gasteiger partial charge in [0, 0.05) is 32.1 Å². The first-order valence-electron chi connectivity index (χ1n) is 10.9. The lowest BCUT2D eigenvalue weighted by molar-refractivity contribution is 0.0799. The molecule has 3 aromatic rings. The van der Waals surface area contributed by atoms with Crippen LogP contribution in [-0.2, 0) is 0 Å². The van der Waals surface area contributed by atoms with Crippen LogP contribution in [0.1, 0.15) is 36.2 Å². The Balaban J connectivity index is 1.41. The van der Waals surface area contributed by atoms with Gasteiger partial charge in [0.15, 0.2) is 5.76 Å². The van der Waals surface area contributed by atoms with Gasteiger partial charge in [0.05, 0.1) is 12.2 Å². The van der Waals surface area contributed by atoms with Crippen LogP contribution in [0.25, 0.3) is 22.2 Å². The standard InChI is InChI=1S/C23H26FN5O3/c1-28(2)22(31)20-9-14-8-18(30)15(10-19(14)32-20)16-11-25-23(27-26-16)29(3)17-7-12-4-5-13(6-12)21(17)24/h8-13,17,21,30H,4-7H2,1-3H3/t12-,13+,17+,21-/m0/s1. The number of furan rings is 1. The Bertz CT molecular complexity index is 1160. The van der Waals surface area contributed by atoms with E-state index in [1.165, 1.54) is 17.2 Å². The molecule has 2 aliphatic rings. The van der Waals surface area contributed by atoms with Crippen LogP contribution < -0.4 is 4.90 Å². The van der Waals surface area contributed by atoms with Gasteiger partial charge in [-0.1, -0.05) is 0 Å². The number of benzene rings is 1. The fraction of sp³-hybridized carbons (Fsp3) is 0.478. The number of phenols is 1. The smallest absolute Gasteiger partial charge is 0.289 e. The average Bonchev–Trinajstić information content (AvgIpc) is 3.39. The Morgan fingerprint density at radius 2 is 1.97 bits per heavy atom. The van der Waals surface area contributed by atoms with Crippen molar-refractivity contribution in [1.82, 2.24) is 20.1 Å². The summed E-state index contributed by atoms with van der Waals surface area (Å²) in [5, 5.41) is 19.6. The van der Waals surface area contributed by atoms with E-state index in [0.29, 0.717) is 34.1 Å². The first kappa shape index (κ1) is 20.7. The molecule has 2 saturated carbocycles. The molecule has 1 N–H and O–H groups in total. The molecule has 1 amide bonds. The Hall–Kier alpha value is -3.23. The van der Waals surface area contributed by atoms with Crippen molar-refractivity contribution in [2.24, 2.45) is 11.8 Å².